The monoisotopic (exact) mass is 477 g/mol. The Morgan fingerprint density at radius 2 is 1.53 bits per heavy atom. The van der Waals surface area contributed by atoms with Crippen molar-refractivity contribution in [3.8, 4) is 11.8 Å². The fourth-order valence-electron chi connectivity index (χ4n) is 3.92. The molecule has 1 aliphatic rings. The number of aliphatic imine (C=N–C) groups is 1. The Labute approximate surface area is 211 Å². The molecule has 0 saturated heterocycles. The van der Waals surface area contributed by atoms with E-state index in [4.69, 9.17) is 14.5 Å². The van der Waals surface area contributed by atoms with Crippen LogP contribution < -0.4 is 0 Å². The SMILES string of the molecule is CCO/C(O)=C1\C(C)=NC(c2ccccc2)=C(C(=O)OCc2ccccc2)C1C#Cc1ccccc1. The molecule has 3 aromatic carbocycles. The Morgan fingerprint density at radius 3 is 2.17 bits per heavy atom. The molecule has 4 rings (SSSR count). The molecule has 180 valence electrons. The number of ether oxygens (including phenoxy) is 2. The molecule has 1 aliphatic heterocycles. The summed E-state index contributed by atoms with van der Waals surface area (Å²) >= 11 is 0. The molecule has 0 aliphatic carbocycles. The molecule has 36 heavy (non-hydrogen) atoms. The predicted molar refractivity (Wildman–Crippen MR) is 141 cm³/mol. The van der Waals surface area contributed by atoms with Crippen molar-refractivity contribution in [2.45, 2.75) is 20.5 Å². The Balaban J connectivity index is 1.87. The van der Waals surface area contributed by atoms with Gasteiger partial charge in [-0.05, 0) is 31.5 Å². The van der Waals surface area contributed by atoms with Crippen molar-refractivity contribution in [1.29, 1.82) is 0 Å². The van der Waals surface area contributed by atoms with Crippen LogP contribution in [0.2, 0.25) is 0 Å². The Morgan fingerprint density at radius 1 is 0.917 bits per heavy atom. The van der Waals surface area contributed by atoms with Crippen LogP contribution in [-0.2, 0) is 20.9 Å². The Kier molecular flexibility index (Phi) is 8.00. The zero-order chi connectivity index (χ0) is 25.3. The van der Waals surface area contributed by atoms with Crippen LogP contribution in [0.5, 0.6) is 0 Å². The third-order valence-corrected chi connectivity index (χ3v) is 5.63. The molecule has 0 radical (unpaired) electrons. The highest BCUT2D eigenvalue weighted by Gasteiger charge is 2.36. The van der Waals surface area contributed by atoms with E-state index in [9.17, 15) is 9.90 Å². The number of hydrogen-bond acceptors (Lipinski definition) is 5. The van der Waals surface area contributed by atoms with Gasteiger partial charge in [0.15, 0.2) is 0 Å². The first kappa shape index (κ1) is 24.6. The highest BCUT2D eigenvalue weighted by molar-refractivity contribution is 6.11. The van der Waals surface area contributed by atoms with E-state index >= 15 is 0 Å². The van der Waals surface area contributed by atoms with Gasteiger partial charge in [0.05, 0.1) is 29.4 Å². The number of esters is 1. The summed E-state index contributed by atoms with van der Waals surface area (Å²) in [6.45, 7) is 3.90. The van der Waals surface area contributed by atoms with Crippen molar-refractivity contribution < 1.29 is 19.4 Å². The number of hydrogen-bond donors (Lipinski definition) is 1. The smallest absolute Gasteiger partial charge is 0.338 e. The molecule has 1 heterocycles. The van der Waals surface area contributed by atoms with Crippen LogP contribution >= 0.6 is 0 Å². The van der Waals surface area contributed by atoms with Crippen LogP contribution in [0.15, 0.2) is 113 Å². The van der Waals surface area contributed by atoms with Gasteiger partial charge in [0, 0.05) is 16.8 Å². The van der Waals surface area contributed by atoms with Crippen molar-refractivity contribution in [2.75, 3.05) is 6.61 Å². The van der Waals surface area contributed by atoms with Crippen molar-refractivity contribution in [3.05, 3.63) is 125 Å². The zero-order valence-corrected chi connectivity index (χ0v) is 20.3. The molecular formula is C31H27NO4. The van der Waals surface area contributed by atoms with E-state index in [1.807, 2.05) is 91.0 Å². The van der Waals surface area contributed by atoms with Crippen LogP contribution in [-0.4, -0.2) is 23.4 Å². The summed E-state index contributed by atoms with van der Waals surface area (Å²) in [5, 5.41) is 10.8. The van der Waals surface area contributed by atoms with Gasteiger partial charge < -0.3 is 14.6 Å². The molecule has 0 bridgehead atoms. The first-order valence-corrected chi connectivity index (χ1v) is 11.8. The van der Waals surface area contributed by atoms with Crippen molar-refractivity contribution in [3.63, 3.8) is 0 Å². The third-order valence-electron chi connectivity index (χ3n) is 5.63. The number of benzene rings is 3. The number of nitrogens with zero attached hydrogens (tertiary/aromatic N) is 1. The second-order valence-corrected chi connectivity index (χ2v) is 8.11. The maximum Gasteiger partial charge on any atom is 0.338 e. The van der Waals surface area contributed by atoms with E-state index in [2.05, 4.69) is 11.8 Å². The molecule has 0 saturated carbocycles. The number of carbonyl (C=O) groups is 1. The first-order valence-electron chi connectivity index (χ1n) is 11.8. The van der Waals surface area contributed by atoms with Gasteiger partial charge in [-0.3, -0.25) is 4.99 Å². The number of carbonyl (C=O) groups excluding carboxylic acids is 1. The van der Waals surface area contributed by atoms with Gasteiger partial charge in [-0.2, -0.15) is 0 Å². The highest BCUT2D eigenvalue weighted by Crippen LogP contribution is 2.37. The molecule has 0 aromatic heterocycles. The van der Waals surface area contributed by atoms with Gasteiger partial charge in [0.2, 0.25) is 0 Å². The first-order chi connectivity index (χ1) is 17.6. The fourth-order valence-corrected chi connectivity index (χ4v) is 3.92. The summed E-state index contributed by atoms with van der Waals surface area (Å²) in [5.74, 6) is 4.68. The lowest BCUT2D eigenvalue weighted by atomic mass is 9.83. The second-order valence-electron chi connectivity index (χ2n) is 8.11. The highest BCUT2D eigenvalue weighted by atomic mass is 16.6. The summed E-state index contributed by atoms with van der Waals surface area (Å²) in [7, 11) is 0. The van der Waals surface area contributed by atoms with E-state index in [0.717, 1.165) is 16.7 Å². The Hall–Kier alpha value is -4.56. The van der Waals surface area contributed by atoms with Crippen LogP contribution in [0.1, 0.15) is 30.5 Å². The Bertz CT molecular complexity index is 1360. The van der Waals surface area contributed by atoms with Crippen LogP contribution in [0.4, 0.5) is 0 Å². The fraction of sp³-hybridized carbons (Fsp3) is 0.161. The number of aliphatic hydroxyl groups excluding tert-OH is 1. The average molecular weight is 478 g/mol. The molecule has 0 amide bonds. The molecule has 1 N–H and O–H groups in total. The minimum Gasteiger partial charge on any atom is -0.481 e. The minimum atomic E-state index is -0.812. The largest absolute Gasteiger partial charge is 0.481 e. The number of rotatable bonds is 6. The molecule has 5 nitrogen and oxygen atoms in total. The van der Waals surface area contributed by atoms with Crippen molar-refractivity contribution in [2.24, 2.45) is 10.9 Å². The molecule has 0 spiro atoms. The van der Waals surface area contributed by atoms with Gasteiger partial charge in [0.1, 0.15) is 6.61 Å². The van der Waals surface area contributed by atoms with E-state index in [1.165, 1.54) is 0 Å². The quantitative estimate of drug-likeness (QED) is 0.265. The lowest BCUT2D eigenvalue weighted by Gasteiger charge is -2.25. The van der Waals surface area contributed by atoms with E-state index in [0.29, 0.717) is 17.0 Å². The van der Waals surface area contributed by atoms with Crippen molar-refractivity contribution >= 4 is 17.4 Å². The number of allylic oxidation sites excluding steroid dienone is 1. The van der Waals surface area contributed by atoms with Gasteiger partial charge in [-0.25, -0.2) is 4.79 Å². The summed E-state index contributed by atoms with van der Waals surface area (Å²) in [5.41, 5.74) is 4.00. The van der Waals surface area contributed by atoms with Crippen LogP contribution in [0.3, 0.4) is 0 Å². The minimum absolute atomic E-state index is 0.100. The summed E-state index contributed by atoms with van der Waals surface area (Å²) in [4.78, 5) is 18.4. The molecule has 1 atom stereocenters. The molecule has 1 unspecified atom stereocenters. The topological polar surface area (TPSA) is 68.1 Å². The third kappa shape index (κ3) is 5.73. The van der Waals surface area contributed by atoms with E-state index in [1.54, 1.807) is 13.8 Å². The molecule has 3 aromatic rings. The maximum absolute atomic E-state index is 13.6. The maximum atomic E-state index is 13.6. The van der Waals surface area contributed by atoms with Gasteiger partial charge >= 0.3 is 5.97 Å². The van der Waals surface area contributed by atoms with E-state index in [-0.39, 0.29) is 24.7 Å². The molecular weight excluding hydrogens is 450 g/mol. The van der Waals surface area contributed by atoms with Crippen molar-refractivity contribution in [1.82, 2.24) is 0 Å². The van der Waals surface area contributed by atoms with Gasteiger partial charge in [-0.15, -0.1) is 0 Å². The van der Waals surface area contributed by atoms with Crippen LogP contribution in [0.25, 0.3) is 5.70 Å². The zero-order valence-electron chi connectivity index (χ0n) is 20.3. The molecule has 5 heteroatoms. The normalized spacial score (nSPS) is 16.4. The van der Waals surface area contributed by atoms with Gasteiger partial charge in [0.25, 0.3) is 5.95 Å². The predicted octanol–water partition coefficient (Wildman–Crippen LogP) is 6.09. The van der Waals surface area contributed by atoms with Gasteiger partial charge in [-0.1, -0.05) is 90.7 Å². The summed E-state index contributed by atoms with van der Waals surface area (Å²) < 4.78 is 11.2. The summed E-state index contributed by atoms with van der Waals surface area (Å²) in [6.07, 6.45) is 0. The summed E-state index contributed by atoms with van der Waals surface area (Å²) in [6, 6.07) is 28.4. The lowest BCUT2D eigenvalue weighted by Crippen LogP contribution is -2.26. The number of aliphatic hydroxyl groups is 1. The van der Waals surface area contributed by atoms with Crippen LogP contribution in [0, 0.1) is 17.8 Å². The second kappa shape index (κ2) is 11.7. The van der Waals surface area contributed by atoms with E-state index < -0.39 is 11.9 Å². The average Bonchev–Trinajstić information content (AvgIpc) is 2.92. The standard InChI is InChI=1S/C31H27NO4/c1-3-35-30(33)27-22(2)32-29(25-17-11-6-12-18-25)28(26(27)20-19-23-13-7-4-8-14-23)31(34)36-21-24-15-9-5-10-16-24/h4-18,26,33H,3,21H2,1-2H3/b30-27+. The lowest BCUT2D eigenvalue weighted by molar-refractivity contribution is -0.140. The molecule has 0 fully saturated rings.